The molecule has 0 saturated carbocycles. The number of hydrogen-bond acceptors (Lipinski definition) is 3. The lowest BCUT2D eigenvalue weighted by Crippen LogP contribution is -2.31. The number of imidazole rings is 1. The van der Waals surface area contributed by atoms with Gasteiger partial charge < -0.3 is 14.6 Å². The molecule has 1 heterocycles. The van der Waals surface area contributed by atoms with Gasteiger partial charge in [-0.2, -0.15) is 0 Å². The molecule has 0 aliphatic heterocycles. The van der Waals surface area contributed by atoms with E-state index in [0.29, 0.717) is 18.4 Å². The van der Waals surface area contributed by atoms with Crippen LogP contribution in [0.5, 0.6) is 5.75 Å². The molecule has 1 amide bonds. The van der Waals surface area contributed by atoms with Gasteiger partial charge in [-0.05, 0) is 12.1 Å². The van der Waals surface area contributed by atoms with Gasteiger partial charge in [0.25, 0.3) is 5.91 Å². The zero-order valence-corrected chi connectivity index (χ0v) is 10.8. The molecule has 0 unspecified atom stereocenters. The third kappa shape index (κ3) is 3.53. The van der Waals surface area contributed by atoms with Gasteiger partial charge in [-0.15, -0.1) is 0 Å². The molecule has 1 aromatic heterocycles. The Kier molecular flexibility index (Phi) is 4.29. The fourth-order valence-corrected chi connectivity index (χ4v) is 1.54. The smallest absolute Gasteiger partial charge is 0.260 e. The Bertz CT molecular complexity index is 587. The number of amides is 1. The number of aromatic amines is 1. The van der Waals surface area contributed by atoms with E-state index < -0.39 is 11.6 Å². The van der Waals surface area contributed by atoms with E-state index in [1.54, 1.807) is 19.4 Å². The van der Waals surface area contributed by atoms with E-state index >= 15 is 0 Å². The molecule has 7 heteroatoms. The number of benzene rings is 1. The number of aromatic nitrogens is 2. The molecule has 106 valence electrons. The van der Waals surface area contributed by atoms with Gasteiger partial charge in [-0.25, -0.2) is 13.8 Å². The van der Waals surface area contributed by atoms with E-state index in [4.69, 9.17) is 4.74 Å². The largest absolute Gasteiger partial charge is 0.481 e. The molecule has 0 saturated heterocycles. The highest BCUT2D eigenvalue weighted by atomic mass is 19.1. The van der Waals surface area contributed by atoms with E-state index in [0.717, 1.165) is 12.1 Å². The van der Waals surface area contributed by atoms with E-state index in [9.17, 15) is 13.6 Å². The maximum absolute atomic E-state index is 13.3. The Morgan fingerprint density at radius 1 is 1.45 bits per heavy atom. The van der Waals surface area contributed by atoms with Crippen LogP contribution in [-0.2, 0) is 11.3 Å². The molecule has 20 heavy (non-hydrogen) atoms. The highest BCUT2D eigenvalue weighted by molar-refractivity contribution is 5.77. The summed E-state index contributed by atoms with van der Waals surface area (Å²) in [6.07, 6.45) is 3.23. The minimum Gasteiger partial charge on any atom is -0.481 e. The van der Waals surface area contributed by atoms with E-state index in [1.807, 2.05) is 0 Å². The number of halogens is 2. The summed E-state index contributed by atoms with van der Waals surface area (Å²) >= 11 is 0. The molecule has 1 aromatic carbocycles. The highest BCUT2D eigenvalue weighted by Gasteiger charge is 2.13. The van der Waals surface area contributed by atoms with E-state index in [1.165, 1.54) is 4.90 Å². The van der Waals surface area contributed by atoms with Crippen LogP contribution in [0.3, 0.4) is 0 Å². The molecule has 0 radical (unpaired) electrons. The van der Waals surface area contributed by atoms with Crippen LogP contribution in [0.1, 0.15) is 5.82 Å². The van der Waals surface area contributed by atoms with Crippen LogP contribution in [0, 0.1) is 11.6 Å². The number of rotatable bonds is 5. The van der Waals surface area contributed by atoms with Crippen molar-refractivity contribution >= 4 is 5.91 Å². The topological polar surface area (TPSA) is 58.2 Å². The maximum atomic E-state index is 13.3. The highest BCUT2D eigenvalue weighted by Crippen LogP contribution is 2.17. The van der Waals surface area contributed by atoms with Crippen molar-refractivity contribution in [2.45, 2.75) is 6.54 Å². The summed E-state index contributed by atoms with van der Waals surface area (Å²) in [4.78, 5) is 20.0. The molecular weight excluding hydrogens is 268 g/mol. The number of likely N-dealkylation sites (N-methyl/N-ethyl adjacent to an activating group) is 1. The van der Waals surface area contributed by atoms with E-state index in [2.05, 4.69) is 9.97 Å². The first kappa shape index (κ1) is 14.0. The van der Waals surface area contributed by atoms with Crippen LogP contribution in [0.4, 0.5) is 8.78 Å². The second kappa shape index (κ2) is 6.14. The molecule has 0 aliphatic rings. The minimum atomic E-state index is -0.841. The average molecular weight is 281 g/mol. The number of nitrogens with zero attached hydrogens (tertiary/aromatic N) is 2. The standard InChI is InChI=1S/C13H13F2N3O2/c1-18(7-12-16-4-5-17-12)13(19)8-20-11-3-2-9(14)6-10(11)15/h2-6H,7-8H2,1H3,(H,16,17). The number of carbonyl (C=O) groups excluding carboxylic acids is 1. The Balaban J connectivity index is 1.88. The summed E-state index contributed by atoms with van der Waals surface area (Å²) in [6.45, 7) is -0.0408. The van der Waals surface area contributed by atoms with Gasteiger partial charge in [0.1, 0.15) is 11.6 Å². The normalized spacial score (nSPS) is 10.3. The van der Waals surface area contributed by atoms with Crippen LogP contribution in [0.2, 0.25) is 0 Å². The lowest BCUT2D eigenvalue weighted by atomic mass is 10.3. The summed E-state index contributed by atoms with van der Waals surface area (Å²) in [5.74, 6) is -1.41. The van der Waals surface area contributed by atoms with Gasteiger partial charge in [0.05, 0.1) is 6.54 Å². The van der Waals surface area contributed by atoms with Crippen LogP contribution >= 0.6 is 0 Å². The fourth-order valence-electron chi connectivity index (χ4n) is 1.54. The molecule has 2 aromatic rings. The number of ether oxygens (including phenoxy) is 1. The predicted molar refractivity (Wildman–Crippen MR) is 66.9 cm³/mol. The zero-order chi connectivity index (χ0) is 14.5. The van der Waals surface area contributed by atoms with Crippen molar-refractivity contribution in [3.63, 3.8) is 0 Å². The van der Waals surface area contributed by atoms with Crippen molar-refractivity contribution < 1.29 is 18.3 Å². The third-order valence-electron chi connectivity index (χ3n) is 2.61. The van der Waals surface area contributed by atoms with Gasteiger partial charge in [0, 0.05) is 25.5 Å². The molecule has 0 aliphatic carbocycles. The summed E-state index contributed by atoms with van der Waals surface area (Å²) in [5, 5.41) is 0. The molecule has 2 rings (SSSR count). The first-order chi connectivity index (χ1) is 9.56. The molecule has 0 fully saturated rings. The Morgan fingerprint density at radius 3 is 2.90 bits per heavy atom. The SMILES string of the molecule is CN(Cc1ncc[nH]1)C(=O)COc1ccc(F)cc1F. The van der Waals surface area contributed by atoms with Crippen LogP contribution < -0.4 is 4.74 Å². The quantitative estimate of drug-likeness (QED) is 0.908. The van der Waals surface area contributed by atoms with Gasteiger partial charge in [0.2, 0.25) is 0 Å². The van der Waals surface area contributed by atoms with Crippen molar-refractivity contribution in [2.24, 2.45) is 0 Å². The molecule has 1 N–H and O–H groups in total. The molecule has 0 spiro atoms. The first-order valence-corrected chi connectivity index (χ1v) is 5.86. The summed E-state index contributed by atoms with van der Waals surface area (Å²) in [5.41, 5.74) is 0. The number of nitrogens with one attached hydrogen (secondary N) is 1. The summed E-state index contributed by atoms with van der Waals surface area (Å²) in [7, 11) is 1.58. The Labute approximate surface area is 114 Å². The van der Waals surface area contributed by atoms with Crippen molar-refractivity contribution in [3.05, 3.63) is 48.1 Å². The fraction of sp³-hybridized carbons (Fsp3) is 0.231. The van der Waals surface area contributed by atoms with Gasteiger partial charge in [-0.3, -0.25) is 4.79 Å². The lowest BCUT2D eigenvalue weighted by Gasteiger charge is -2.16. The lowest BCUT2D eigenvalue weighted by molar-refractivity contribution is -0.132. The average Bonchev–Trinajstić information content (AvgIpc) is 2.90. The Hall–Kier alpha value is -2.44. The number of carbonyl (C=O) groups is 1. The second-order valence-corrected chi connectivity index (χ2v) is 4.15. The predicted octanol–water partition coefficient (Wildman–Crippen LogP) is 1.73. The summed E-state index contributed by atoms with van der Waals surface area (Å²) in [6, 6.07) is 2.91. The Morgan fingerprint density at radius 2 is 2.25 bits per heavy atom. The van der Waals surface area contributed by atoms with Crippen molar-refractivity contribution in [1.29, 1.82) is 0 Å². The minimum absolute atomic E-state index is 0.161. The van der Waals surface area contributed by atoms with Crippen molar-refractivity contribution in [3.8, 4) is 5.75 Å². The zero-order valence-electron chi connectivity index (χ0n) is 10.8. The van der Waals surface area contributed by atoms with Gasteiger partial charge in [0.15, 0.2) is 18.2 Å². The molecule has 0 atom stereocenters. The third-order valence-corrected chi connectivity index (χ3v) is 2.61. The number of hydrogen-bond donors (Lipinski definition) is 1. The van der Waals surface area contributed by atoms with Gasteiger partial charge in [-0.1, -0.05) is 0 Å². The van der Waals surface area contributed by atoms with Crippen molar-refractivity contribution in [1.82, 2.24) is 14.9 Å². The van der Waals surface area contributed by atoms with E-state index in [-0.39, 0.29) is 18.3 Å². The molecular formula is C13H13F2N3O2. The monoisotopic (exact) mass is 281 g/mol. The maximum Gasteiger partial charge on any atom is 0.260 e. The number of H-pyrrole nitrogens is 1. The van der Waals surface area contributed by atoms with Gasteiger partial charge >= 0.3 is 0 Å². The second-order valence-electron chi connectivity index (χ2n) is 4.15. The molecule has 0 bridgehead atoms. The van der Waals surface area contributed by atoms with Crippen LogP contribution in [0.15, 0.2) is 30.6 Å². The first-order valence-electron chi connectivity index (χ1n) is 5.86. The van der Waals surface area contributed by atoms with Crippen molar-refractivity contribution in [2.75, 3.05) is 13.7 Å². The van der Waals surface area contributed by atoms with Crippen LogP contribution in [-0.4, -0.2) is 34.4 Å². The summed E-state index contributed by atoms with van der Waals surface area (Å²) < 4.78 is 31.0. The van der Waals surface area contributed by atoms with Crippen LogP contribution in [0.25, 0.3) is 0 Å². The molecule has 5 nitrogen and oxygen atoms in total.